The van der Waals surface area contributed by atoms with E-state index in [1.165, 1.54) is 19.2 Å². The zero-order valence-electron chi connectivity index (χ0n) is 14.7. The van der Waals surface area contributed by atoms with E-state index < -0.39 is 15.9 Å². The van der Waals surface area contributed by atoms with E-state index in [1.54, 1.807) is 0 Å². The molecule has 0 radical (unpaired) electrons. The molecule has 1 aromatic carbocycles. The van der Waals surface area contributed by atoms with Crippen LogP contribution in [0.5, 0.6) is 5.75 Å². The molecule has 9 nitrogen and oxygen atoms in total. The predicted molar refractivity (Wildman–Crippen MR) is 97.4 cm³/mol. The molecule has 0 bridgehead atoms. The number of nitrogens with one attached hydrogen (secondary N) is 2. The molecule has 1 aromatic rings. The van der Waals surface area contributed by atoms with Crippen LogP contribution < -0.4 is 15.4 Å². The molecule has 0 saturated carbocycles. The second-order valence-electron chi connectivity index (χ2n) is 6.32. The second-order valence-corrected chi connectivity index (χ2v) is 8.74. The van der Waals surface area contributed by atoms with Crippen molar-refractivity contribution >= 4 is 39.1 Å². The molecule has 0 aliphatic carbocycles. The van der Waals surface area contributed by atoms with E-state index in [9.17, 15) is 18.0 Å². The van der Waals surface area contributed by atoms with Crippen molar-refractivity contribution in [3.05, 3.63) is 17.2 Å². The number of halogens is 1. The first kappa shape index (κ1) is 19.9. The Bertz CT molecular complexity index is 854. The van der Waals surface area contributed by atoms with Gasteiger partial charge in [0.05, 0.1) is 23.4 Å². The maximum absolute atomic E-state index is 12.8. The number of carbonyl (C=O) groups excluding carboxylic acids is 2. The maximum Gasteiger partial charge on any atom is 0.262 e. The summed E-state index contributed by atoms with van der Waals surface area (Å²) in [6.07, 6.45) is 1.79. The average Bonchev–Trinajstić information content (AvgIpc) is 3.12. The number of benzene rings is 1. The highest BCUT2D eigenvalue weighted by Gasteiger charge is 2.29. The van der Waals surface area contributed by atoms with Gasteiger partial charge >= 0.3 is 0 Å². The highest BCUT2D eigenvalue weighted by Crippen LogP contribution is 2.36. The van der Waals surface area contributed by atoms with Gasteiger partial charge in [0.25, 0.3) is 5.91 Å². The normalized spacial score (nSPS) is 19.4. The molecular weight excluding hydrogens is 398 g/mol. The number of rotatable bonds is 6. The number of likely N-dealkylation sites (N-methyl/N-ethyl adjacent to an activating group) is 1. The quantitative estimate of drug-likeness (QED) is 0.700. The predicted octanol–water partition coefficient (Wildman–Crippen LogP) is 0.587. The van der Waals surface area contributed by atoms with Gasteiger partial charge in [-0.25, -0.2) is 8.42 Å². The fourth-order valence-electron chi connectivity index (χ4n) is 2.82. The third kappa shape index (κ3) is 4.52. The van der Waals surface area contributed by atoms with Gasteiger partial charge in [-0.2, -0.15) is 4.31 Å². The standard InChI is InChI=1S/C16H20ClN3O6S/c1-20(8-15(21)18-7-10-3-2-4-25-10)27(23,24)14-6-13-12(5-11(14)17)19-16(22)9-26-13/h5-6,10H,2-4,7-9H2,1H3,(H,18,21)(H,19,22)/t10-/m1/s1. The van der Waals surface area contributed by atoms with Gasteiger partial charge in [0, 0.05) is 26.3 Å². The SMILES string of the molecule is CN(CC(=O)NC[C@H]1CCCO1)S(=O)(=O)c1cc2c(cc1Cl)NC(=O)CO2. The first-order valence-corrected chi connectivity index (χ1v) is 10.2. The smallest absolute Gasteiger partial charge is 0.262 e. The monoisotopic (exact) mass is 417 g/mol. The molecule has 1 saturated heterocycles. The largest absolute Gasteiger partial charge is 0.482 e. The van der Waals surface area contributed by atoms with Crippen molar-refractivity contribution in [3.8, 4) is 5.75 Å². The Morgan fingerprint density at radius 2 is 2.22 bits per heavy atom. The van der Waals surface area contributed by atoms with E-state index in [0.29, 0.717) is 18.8 Å². The van der Waals surface area contributed by atoms with E-state index in [0.717, 1.165) is 17.1 Å². The van der Waals surface area contributed by atoms with E-state index >= 15 is 0 Å². The number of hydrogen-bond acceptors (Lipinski definition) is 6. The summed E-state index contributed by atoms with van der Waals surface area (Å²) in [5, 5.41) is 5.15. The lowest BCUT2D eigenvalue weighted by atomic mass is 10.2. The molecule has 2 N–H and O–H groups in total. The second kappa shape index (κ2) is 8.01. The first-order valence-electron chi connectivity index (χ1n) is 8.38. The summed E-state index contributed by atoms with van der Waals surface area (Å²) in [5.74, 6) is -0.586. The Morgan fingerprint density at radius 3 is 2.93 bits per heavy atom. The molecular formula is C16H20ClN3O6S. The van der Waals surface area contributed by atoms with Crippen LogP contribution in [0.4, 0.5) is 5.69 Å². The van der Waals surface area contributed by atoms with Crippen LogP contribution in [0.15, 0.2) is 17.0 Å². The van der Waals surface area contributed by atoms with E-state index in [1.807, 2.05) is 0 Å². The van der Waals surface area contributed by atoms with Crippen molar-refractivity contribution in [3.63, 3.8) is 0 Å². The topological polar surface area (TPSA) is 114 Å². The minimum atomic E-state index is -4.03. The average molecular weight is 418 g/mol. The molecule has 1 fully saturated rings. The highest BCUT2D eigenvalue weighted by atomic mass is 35.5. The molecule has 2 aliphatic heterocycles. The van der Waals surface area contributed by atoms with E-state index in [4.69, 9.17) is 21.1 Å². The first-order chi connectivity index (χ1) is 12.8. The summed E-state index contributed by atoms with van der Waals surface area (Å²) in [6, 6.07) is 2.55. The molecule has 3 rings (SSSR count). The van der Waals surface area contributed by atoms with Crippen LogP contribution in [0, 0.1) is 0 Å². The number of fused-ring (bicyclic) bond motifs is 1. The Hall–Kier alpha value is -1.88. The molecule has 2 aliphatic rings. The number of ether oxygens (including phenoxy) is 2. The van der Waals surface area contributed by atoms with Crippen LogP contribution in [0.25, 0.3) is 0 Å². The number of nitrogens with zero attached hydrogens (tertiary/aromatic N) is 1. The zero-order chi connectivity index (χ0) is 19.6. The van der Waals surface area contributed by atoms with Crippen molar-refractivity contribution in [1.82, 2.24) is 9.62 Å². The lowest BCUT2D eigenvalue weighted by Crippen LogP contribution is -2.41. The minimum Gasteiger partial charge on any atom is -0.482 e. The van der Waals surface area contributed by atoms with Crippen LogP contribution in [-0.2, 0) is 24.3 Å². The van der Waals surface area contributed by atoms with Gasteiger partial charge in [-0.1, -0.05) is 11.6 Å². The Balaban J connectivity index is 1.69. The van der Waals surface area contributed by atoms with Crippen LogP contribution in [0.1, 0.15) is 12.8 Å². The summed E-state index contributed by atoms with van der Waals surface area (Å²) < 4.78 is 37.1. The van der Waals surface area contributed by atoms with Gasteiger partial charge in [-0.05, 0) is 18.9 Å². The Kier molecular flexibility index (Phi) is 5.89. The van der Waals surface area contributed by atoms with Crippen LogP contribution in [0.2, 0.25) is 5.02 Å². The van der Waals surface area contributed by atoms with Crippen molar-refractivity contribution in [1.29, 1.82) is 0 Å². The minimum absolute atomic E-state index is 0.0293. The lowest BCUT2D eigenvalue weighted by Gasteiger charge is -2.22. The molecule has 0 unspecified atom stereocenters. The van der Waals surface area contributed by atoms with Crippen molar-refractivity contribution < 1.29 is 27.5 Å². The van der Waals surface area contributed by atoms with Crippen LogP contribution in [-0.4, -0.2) is 64.0 Å². The summed E-state index contributed by atoms with van der Waals surface area (Å²) in [7, 11) is -2.74. The van der Waals surface area contributed by atoms with Gasteiger partial charge in [0.15, 0.2) is 6.61 Å². The lowest BCUT2D eigenvalue weighted by molar-refractivity contribution is -0.121. The van der Waals surface area contributed by atoms with Crippen molar-refractivity contribution in [2.75, 3.05) is 38.7 Å². The van der Waals surface area contributed by atoms with Crippen molar-refractivity contribution in [2.24, 2.45) is 0 Å². The fraction of sp³-hybridized carbons (Fsp3) is 0.500. The summed E-state index contributed by atoms with van der Waals surface area (Å²) in [4.78, 5) is 23.2. The number of hydrogen-bond donors (Lipinski definition) is 2. The number of amides is 2. The molecule has 0 spiro atoms. The molecule has 2 amide bonds. The van der Waals surface area contributed by atoms with E-state index in [2.05, 4.69) is 10.6 Å². The van der Waals surface area contributed by atoms with E-state index in [-0.39, 0.29) is 40.8 Å². The summed E-state index contributed by atoms with van der Waals surface area (Å²) in [5.41, 5.74) is 0.298. The van der Waals surface area contributed by atoms with Gasteiger partial charge in [-0.3, -0.25) is 9.59 Å². The van der Waals surface area contributed by atoms with Gasteiger partial charge < -0.3 is 20.1 Å². The maximum atomic E-state index is 12.8. The summed E-state index contributed by atoms with van der Waals surface area (Å²) >= 11 is 6.09. The zero-order valence-corrected chi connectivity index (χ0v) is 16.2. The molecule has 11 heteroatoms. The number of anilines is 1. The molecule has 0 aromatic heterocycles. The molecule has 1 atom stereocenters. The molecule has 27 heavy (non-hydrogen) atoms. The fourth-order valence-corrected chi connectivity index (χ4v) is 4.46. The number of carbonyl (C=O) groups is 2. The number of sulfonamides is 1. The van der Waals surface area contributed by atoms with Gasteiger partial charge in [0.2, 0.25) is 15.9 Å². The molecule has 2 heterocycles. The highest BCUT2D eigenvalue weighted by molar-refractivity contribution is 7.89. The molecule has 148 valence electrons. The van der Waals surface area contributed by atoms with Crippen LogP contribution in [0.3, 0.4) is 0 Å². The Labute approximate surface area is 162 Å². The summed E-state index contributed by atoms with van der Waals surface area (Å²) in [6.45, 7) is 0.448. The Morgan fingerprint density at radius 1 is 1.44 bits per heavy atom. The van der Waals surface area contributed by atoms with Crippen LogP contribution >= 0.6 is 11.6 Å². The van der Waals surface area contributed by atoms with Gasteiger partial charge in [-0.15, -0.1) is 0 Å². The van der Waals surface area contributed by atoms with Crippen molar-refractivity contribution in [2.45, 2.75) is 23.8 Å². The van der Waals surface area contributed by atoms with Gasteiger partial charge in [0.1, 0.15) is 10.6 Å². The third-order valence-corrected chi connectivity index (χ3v) is 6.54. The third-order valence-electron chi connectivity index (χ3n) is 4.27.